The van der Waals surface area contributed by atoms with Gasteiger partial charge >= 0.3 is 0 Å². The van der Waals surface area contributed by atoms with Crippen LogP contribution >= 0.6 is 0 Å². The van der Waals surface area contributed by atoms with E-state index < -0.39 is 5.82 Å². The monoisotopic (exact) mass is 259 g/mol. The lowest BCUT2D eigenvalue weighted by atomic mass is 10.1. The summed E-state index contributed by atoms with van der Waals surface area (Å²) in [6, 6.07) is 5.86. The predicted molar refractivity (Wildman–Crippen MR) is 66.9 cm³/mol. The largest absolute Gasteiger partial charge is 0.391 e. The topological polar surface area (TPSA) is 57.5 Å². The minimum atomic E-state index is -0.519. The van der Waals surface area contributed by atoms with Crippen LogP contribution in [0.2, 0.25) is 0 Å². The average Bonchev–Trinajstić information content (AvgIpc) is 2.30. The van der Waals surface area contributed by atoms with E-state index in [4.69, 9.17) is 10.2 Å². The number of hydrogen-bond donors (Lipinski definition) is 2. The molecule has 1 aromatic rings. The van der Waals surface area contributed by atoms with Gasteiger partial charge in [0.05, 0.1) is 18.8 Å². The summed E-state index contributed by atoms with van der Waals surface area (Å²) in [5.41, 5.74) is 0.0841. The number of benzene rings is 1. The number of hydrogen-bond acceptors (Lipinski definition) is 3. The van der Waals surface area contributed by atoms with E-state index in [2.05, 4.69) is 0 Å². The number of Topliss-reactive ketones (excluding diaryl/α,β-unsaturated/α-hetero) is 1. The Morgan fingerprint density at radius 1 is 1.18 bits per heavy atom. The van der Waals surface area contributed by atoms with Crippen LogP contribution in [0, 0.1) is 5.82 Å². The Morgan fingerprint density at radius 3 is 2.29 bits per heavy atom. The molecular formula is C12H16FO3S+. The molecule has 0 radical (unpaired) electrons. The minimum Gasteiger partial charge on any atom is -0.391 e. The van der Waals surface area contributed by atoms with Crippen LogP contribution < -0.4 is 0 Å². The maximum Gasteiger partial charge on any atom is 0.214 e. The Hall–Kier alpha value is -0.910. The second kappa shape index (κ2) is 7.42. The highest BCUT2D eigenvalue weighted by Crippen LogP contribution is 2.10. The third-order valence-electron chi connectivity index (χ3n) is 2.27. The van der Waals surface area contributed by atoms with Crippen molar-refractivity contribution in [3.8, 4) is 0 Å². The van der Waals surface area contributed by atoms with Gasteiger partial charge in [0, 0.05) is 10.9 Å². The second-order valence-electron chi connectivity index (χ2n) is 3.52. The van der Waals surface area contributed by atoms with E-state index in [1.54, 1.807) is 6.07 Å². The Balaban J connectivity index is 2.67. The molecule has 2 N–H and O–H groups in total. The molecule has 3 nitrogen and oxygen atoms in total. The molecule has 0 aromatic heterocycles. The third kappa shape index (κ3) is 4.46. The first kappa shape index (κ1) is 14.2. The molecule has 0 saturated carbocycles. The summed E-state index contributed by atoms with van der Waals surface area (Å²) < 4.78 is 13.3. The highest BCUT2D eigenvalue weighted by Gasteiger charge is 2.23. The molecule has 17 heavy (non-hydrogen) atoms. The van der Waals surface area contributed by atoms with Gasteiger partial charge in [0.25, 0.3) is 0 Å². The van der Waals surface area contributed by atoms with Gasteiger partial charge in [-0.1, -0.05) is 12.1 Å². The van der Waals surface area contributed by atoms with E-state index in [1.807, 2.05) is 0 Å². The average molecular weight is 259 g/mol. The summed E-state index contributed by atoms with van der Waals surface area (Å²) in [4.78, 5) is 11.8. The van der Waals surface area contributed by atoms with Crippen molar-refractivity contribution in [2.24, 2.45) is 0 Å². The normalized spacial score (nSPS) is 10.8. The molecule has 1 rings (SSSR count). The third-order valence-corrected chi connectivity index (χ3v) is 4.46. The number of aliphatic hydroxyl groups is 2. The van der Waals surface area contributed by atoms with E-state index in [-0.39, 0.29) is 41.2 Å². The van der Waals surface area contributed by atoms with Gasteiger partial charge in [-0.25, -0.2) is 4.39 Å². The number of aliphatic hydroxyl groups excluding tert-OH is 2. The van der Waals surface area contributed by atoms with Crippen molar-refractivity contribution in [3.63, 3.8) is 0 Å². The van der Waals surface area contributed by atoms with Gasteiger partial charge in [0.1, 0.15) is 17.3 Å². The molecule has 0 bridgehead atoms. The molecule has 0 saturated heterocycles. The Morgan fingerprint density at radius 2 is 1.76 bits per heavy atom. The van der Waals surface area contributed by atoms with E-state index in [9.17, 15) is 9.18 Å². The zero-order valence-electron chi connectivity index (χ0n) is 9.43. The molecule has 0 fully saturated rings. The van der Waals surface area contributed by atoms with Crippen molar-refractivity contribution < 1.29 is 19.4 Å². The molecule has 94 valence electrons. The molecule has 0 aliphatic heterocycles. The number of carbonyl (C=O) groups is 1. The van der Waals surface area contributed by atoms with Crippen molar-refractivity contribution in [2.45, 2.75) is 0 Å². The molecule has 0 aliphatic carbocycles. The summed E-state index contributed by atoms with van der Waals surface area (Å²) in [5.74, 6) is 0.339. The lowest BCUT2D eigenvalue weighted by Gasteiger charge is -2.06. The van der Waals surface area contributed by atoms with Crippen LogP contribution in [0.25, 0.3) is 0 Å². The molecule has 0 spiro atoms. The van der Waals surface area contributed by atoms with Gasteiger partial charge in [-0.2, -0.15) is 0 Å². The minimum absolute atomic E-state index is 0.0202. The highest BCUT2D eigenvalue weighted by atomic mass is 32.2. The van der Waals surface area contributed by atoms with Crippen LogP contribution in [0.1, 0.15) is 10.4 Å². The highest BCUT2D eigenvalue weighted by molar-refractivity contribution is 7.97. The zero-order chi connectivity index (χ0) is 12.7. The van der Waals surface area contributed by atoms with Gasteiger partial charge in [0.2, 0.25) is 5.78 Å². The van der Waals surface area contributed by atoms with Gasteiger partial charge in [-0.05, 0) is 12.1 Å². The summed E-state index contributed by atoms with van der Waals surface area (Å²) in [5, 5.41) is 17.7. The Kier molecular flexibility index (Phi) is 6.18. The first-order chi connectivity index (χ1) is 8.19. The van der Waals surface area contributed by atoms with Crippen molar-refractivity contribution in [1.82, 2.24) is 0 Å². The molecule has 0 atom stereocenters. The summed E-state index contributed by atoms with van der Waals surface area (Å²) in [6.45, 7) is -0.0404. The fourth-order valence-corrected chi connectivity index (χ4v) is 2.99. The van der Waals surface area contributed by atoms with E-state index in [0.29, 0.717) is 11.5 Å². The molecule has 0 aliphatic rings. The molecule has 0 unspecified atom stereocenters. The van der Waals surface area contributed by atoms with Gasteiger partial charge in [-0.3, -0.25) is 4.79 Å². The lowest BCUT2D eigenvalue weighted by molar-refractivity contribution is 0.101. The molecule has 0 amide bonds. The van der Waals surface area contributed by atoms with Crippen molar-refractivity contribution in [2.75, 3.05) is 30.5 Å². The Bertz CT molecular complexity index is 365. The number of ketones is 1. The van der Waals surface area contributed by atoms with Gasteiger partial charge < -0.3 is 10.2 Å². The van der Waals surface area contributed by atoms with Gasteiger partial charge in [0.15, 0.2) is 5.75 Å². The van der Waals surface area contributed by atoms with Crippen LogP contribution in [0.3, 0.4) is 0 Å². The number of carbonyl (C=O) groups excluding carboxylic acids is 1. The van der Waals surface area contributed by atoms with Gasteiger partial charge in [-0.15, -0.1) is 0 Å². The van der Waals surface area contributed by atoms with E-state index in [0.717, 1.165) is 0 Å². The van der Waals surface area contributed by atoms with Crippen molar-refractivity contribution in [3.05, 3.63) is 35.6 Å². The number of halogens is 1. The van der Waals surface area contributed by atoms with Crippen molar-refractivity contribution in [1.29, 1.82) is 0 Å². The predicted octanol–water partition coefficient (Wildman–Crippen LogP) is 0.611. The zero-order valence-corrected chi connectivity index (χ0v) is 10.3. The van der Waals surface area contributed by atoms with Crippen LogP contribution in [0.15, 0.2) is 24.3 Å². The lowest BCUT2D eigenvalue weighted by Crippen LogP contribution is -2.26. The fraction of sp³-hybridized carbons (Fsp3) is 0.417. The second-order valence-corrected chi connectivity index (χ2v) is 5.85. The number of rotatable bonds is 7. The van der Waals surface area contributed by atoms with Crippen LogP contribution in [0.4, 0.5) is 4.39 Å². The summed E-state index contributed by atoms with van der Waals surface area (Å²) >= 11 is 0. The fourth-order valence-electron chi connectivity index (χ4n) is 1.46. The first-order valence-electron chi connectivity index (χ1n) is 5.32. The van der Waals surface area contributed by atoms with E-state index >= 15 is 0 Å². The quantitative estimate of drug-likeness (QED) is 0.557. The smallest absolute Gasteiger partial charge is 0.214 e. The molecule has 0 heterocycles. The molecular weight excluding hydrogens is 243 g/mol. The molecule has 5 heteroatoms. The van der Waals surface area contributed by atoms with E-state index in [1.165, 1.54) is 18.2 Å². The summed E-state index contributed by atoms with van der Waals surface area (Å²) in [6.07, 6.45) is 0. The van der Waals surface area contributed by atoms with Crippen LogP contribution in [-0.4, -0.2) is 46.5 Å². The summed E-state index contributed by atoms with van der Waals surface area (Å²) in [7, 11) is -0.380. The standard InChI is InChI=1S/C12H16FO3S/c13-11-4-2-1-3-10(11)12(16)9-17(7-5-14)8-6-15/h1-4,14-15H,5-9H2/q+1. The molecule has 1 aromatic carbocycles. The van der Waals surface area contributed by atoms with Crippen molar-refractivity contribution >= 4 is 16.7 Å². The Labute approximate surface area is 103 Å². The maximum atomic E-state index is 13.3. The first-order valence-corrected chi connectivity index (χ1v) is 7.05. The van der Waals surface area contributed by atoms with Crippen LogP contribution in [0.5, 0.6) is 0 Å². The maximum absolute atomic E-state index is 13.3. The van der Waals surface area contributed by atoms with Crippen LogP contribution in [-0.2, 0) is 10.9 Å². The SMILES string of the molecule is O=C(C[S+](CCO)CCO)c1ccccc1F.